The van der Waals surface area contributed by atoms with Gasteiger partial charge >= 0.3 is 0 Å². The first-order chi connectivity index (χ1) is 8.63. The Balaban J connectivity index is 2.33. The lowest BCUT2D eigenvalue weighted by molar-refractivity contribution is -0.126. The maximum absolute atomic E-state index is 11.8. The molecule has 3 N–H and O–H groups in total. The highest BCUT2D eigenvalue weighted by Gasteiger charge is 2.12. The van der Waals surface area contributed by atoms with E-state index >= 15 is 0 Å². The van der Waals surface area contributed by atoms with Crippen LogP contribution in [0, 0.1) is 0 Å². The lowest BCUT2D eigenvalue weighted by Crippen LogP contribution is -2.28. The predicted molar refractivity (Wildman–Crippen MR) is 74.4 cm³/mol. The molecule has 0 fully saturated rings. The Morgan fingerprint density at radius 1 is 1.33 bits per heavy atom. The molecule has 100 valence electrons. The highest BCUT2D eigenvalue weighted by Crippen LogP contribution is 2.11. The predicted octanol–water partition coefficient (Wildman–Crippen LogP) is 2.80. The third-order valence-electron chi connectivity index (χ3n) is 2.66. The molecule has 4 heteroatoms. The zero-order valence-corrected chi connectivity index (χ0v) is 11.1. The number of carbonyl (C=O) groups excluding carboxylic acids is 1. The van der Waals surface area contributed by atoms with E-state index in [1.807, 2.05) is 0 Å². The number of benzene rings is 1. The number of anilines is 2. The summed E-state index contributed by atoms with van der Waals surface area (Å²) in [5.41, 5.74) is 6.99. The van der Waals surface area contributed by atoms with Crippen LogP contribution in [-0.2, 0) is 9.53 Å². The number of nitrogen functional groups attached to an aromatic ring is 1. The van der Waals surface area contributed by atoms with Gasteiger partial charge < -0.3 is 15.8 Å². The Bertz CT molecular complexity index is 363. The summed E-state index contributed by atoms with van der Waals surface area (Å²) in [4.78, 5) is 11.8. The number of hydrogen-bond donors (Lipinski definition) is 2. The Morgan fingerprint density at radius 3 is 2.61 bits per heavy atom. The normalized spacial score (nSPS) is 12.1. The van der Waals surface area contributed by atoms with Gasteiger partial charge in [-0.25, -0.2) is 0 Å². The molecule has 1 aromatic carbocycles. The molecule has 0 saturated carbocycles. The van der Waals surface area contributed by atoms with E-state index in [9.17, 15) is 4.79 Å². The van der Waals surface area contributed by atoms with Crippen LogP contribution in [0.15, 0.2) is 24.3 Å². The number of amides is 1. The number of ether oxygens (including phenoxy) is 1. The molecule has 1 amide bonds. The summed E-state index contributed by atoms with van der Waals surface area (Å²) in [7, 11) is 0. The van der Waals surface area contributed by atoms with Crippen molar-refractivity contribution in [3.8, 4) is 0 Å². The molecule has 4 nitrogen and oxygen atoms in total. The van der Waals surface area contributed by atoms with Gasteiger partial charge in [-0.1, -0.05) is 19.8 Å². The van der Waals surface area contributed by atoms with Crippen molar-refractivity contribution in [2.75, 3.05) is 17.7 Å². The topological polar surface area (TPSA) is 64.3 Å². The van der Waals surface area contributed by atoms with Crippen LogP contribution < -0.4 is 11.1 Å². The summed E-state index contributed by atoms with van der Waals surface area (Å²) in [5.74, 6) is -0.128. The average Bonchev–Trinajstić information content (AvgIpc) is 2.37. The van der Waals surface area contributed by atoms with Crippen LogP contribution in [0.2, 0.25) is 0 Å². The van der Waals surface area contributed by atoms with E-state index in [0.717, 1.165) is 24.9 Å². The Labute approximate surface area is 109 Å². The van der Waals surface area contributed by atoms with E-state index in [-0.39, 0.29) is 5.91 Å². The molecule has 0 aliphatic carbocycles. The number of rotatable bonds is 7. The second kappa shape index (κ2) is 7.71. The van der Waals surface area contributed by atoms with Crippen molar-refractivity contribution in [1.29, 1.82) is 0 Å². The van der Waals surface area contributed by atoms with Gasteiger partial charge in [0.05, 0.1) is 0 Å². The minimum absolute atomic E-state index is 0.128. The summed E-state index contributed by atoms with van der Waals surface area (Å²) >= 11 is 0. The van der Waals surface area contributed by atoms with Crippen molar-refractivity contribution in [3.05, 3.63) is 24.3 Å². The molecule has 1 unspecified atom stereocenters. The van der Waals surface area contributed by atoms with Crippen LogP contribution >= 0.6 is 0 Å². The van der Waals surface area contributed by atoms with Crippen molar-refractivity contribution in [3.63, 3.8) is 0 Å². The molecule has 0 saturated heterocycles. The summed E-state index contributed by atoms with van der Waals surface area (Å²) in [6.45, 7) is 4.53. The van der Waals surface area contributed by atoms with Crippen molar-refractivity contribution >= 4 is 17.3 Å². The molecule has 1 rings (SSSR count). The molecule has 0 aliphatic rings. The largest absolute Gasteiger partial charge is 0.399 e. The van der Waals surface area contributed by atoms with Crippen LogP contribution in [0.4, 0.5) is 11.4 Å². The van der Waals surface area contributed by atoms with Gasteiger partial charge in [0.1, 0.15) is 6.10 Å². The fourth-order valence-corrected chi connectivity index (χ4v) is 1.50. The fraction of sp³-hybridized carbons (Fsp3) is 0.500. The van der Waals surface area contributed by atoms with Crippen molar-refractivity contribution in [1.82, 2.24) is 0 Å². The molecule has 1 atom stereocenters. The zero-order chi connectivity index (χ0) is 13.4. The number of carbonyl (C=O) groups is 1. The van der Waals surface area contributed by atoms with Crippen LogP contribution in [0.25, 0.3) is 0 Å². The summed E-state index contributed by atoms with van der Waals surface area (Å²) in [6.07, 6.45) is 2.84. The quantitative estimate of drug-likeness (QED) is 0.577. The number of nitrogens with two attached hydrogens (primary N) is 1. The summed E-state index contributed by atoms with van der Waals surface area (Å²) in [6, 6.07) is 7.05. The smallest absolute Gasteiger partial charge is 0.253 e. The van der Waals surface area contributed by atoms with Gasteiger partial charge in [0, 0.05) is 18.0 Å². The first kappa shape index (κ1) is 14.5. The number of hydrogen-bond acceptors (Lipinski definition) is 3. The van der Waals surface area contributed by atoms with Gasteiger partial charge in [-0.05, 0) is 37.6 Å². The number of nitrogens with one attached hydrogen (secondary N) is 1. The standard InChI is InChI=1S/C14H22N2O2/c1-3-4-5-10-18-11(2)14(17)16-13-8-6-12(15)7-9-13/h6-9,11H,3-5,10,15H2,1-2H3,(H,16,17). The van der Waals surface area contributed by atoms with Crippen LogP contribution in [0.3, 0.4) is 0 Å². The molecule has 0 spiro atoms. The highest BCUT2D eigenvalue weighted by molar-refractivity contribution is 5.93. The van der Waals surface area contributed by atoms with Crippen LogP contribution in [-0.4, -0.2) is 18.6 Å². The lowest BCUT2D eigenvalue weighted by Gasteiger charge is -2.13. The van der Waals surface area contributed by atoms with Gasteiger partial charge in [0.15, 0.2) is 0 Å². The minimum atomic E-state index is -0.431. The van der Waals surface area contributed by atoms with Crippen LogP contribution in [0.1, 0.15) is 33.1 Å². The Kier molecular flexibility index (Phi) is 6.22. The van der Waals surface area contributed by atoms with Crippen molar-refractivity contribution in [2.24, 2.45) is 0 Å². The number of unbranched alkanes of at least 4 members (excludes halogenated alkanes) is 2. The molecule has 0 aromatic heterocycles. The minimum Gasteiger partial charge on any atom is -0.399 e. The van der Waals surface area contributed by atoms with E-state index in [4.69, 9.17) is 10.5 Å². The molecule has 18 heavy (non-hydrogen) atoms. The molecule has 0 heterocycles. The van der Waals surface area contributed by atoms with E-state index < -0.39 is 6.10 Å². The monoisotopic (exact) mass is 250 g/mol. The average molecular weight is 250 g/mol. The van der Waals surface area contributed by atoms with E-state index in [0.29, 0.717) is 12.3 Å². The Morgan fingerprint density at radius 2 is 2.00 bits per heavy atom. The maximum atomic E-state index is 11.8. The second-order valence-corrected chi connectivity index (χ2v) is 4.33. The lowest BCUT2D eigenvalue weighted by atomic mass is 10.2. The second-order valence-electron chi connectivity index (χ2n) is 4.33. The van der Waals surface area contributed by atoms with Gasteiger partial charge in [-0.3, -0.25) is 4.79 Å². The van der Waals surface area contributed by atoms with Gasteiger partial charge in [-0.2, -0.15) is 0 Å². The molecular weight excluding hydrogens is 228 g/mol. The van der Waals surface area contributed by atoms with Crippen molar-refractivity contribution in [2.45, 2.75) is 39.2 Å². The fourth-order valence-electron chi connectivity index (χ4n) is 1.50. The third-order valence-corrected chi connectivity index (χ3v) is 2.66. The SMILES string of the molecule is CCCCCOC(C)C(=O)Nc1ccc(N)cc1. The van der Waals surface area contributed by atoms with Crippen LogP contribution in [0.5, 0.6) is 0 Å². The molecule has 0 bridgehead atoms. The third kappa shape index (κ3) is 5.19. The van der Waals surface area contributed by atoms with E-state index in [2.05, 4.69) is 12.2 Å². The Hall–Kier alpha value is -1.55. The summed E-state index contributed by atoms with van der Waals surface area (Å²) < 4.78 is 5.47. The zero-order valence-electron chi connectivity index (χ0n) is 11.1. The van der Waals surface area contributed by atoms with Gasteiger partial charge in [-0.15, -0.1) is 0 Å². The summed E-state index contributed by atoms with van der Waals surface area (Å²) in [5, 5.41) is 2.79. The van der Waals surface area contributed by atoms with Crippen molar-refractivity contribution < 1.29 is 9.53 Å². The maximum Gasteiger partial charge on any atom is 0.253 e. The first-order valence-corrected chi connectivity index (χ1v) is 6.41. The highest BCUT2D eigenvalue weighted by atomic mass is 16.5. The van der Waals surface area contributed by atoms with Gasteiger partial charge in [0.25, 0.3) is 5.91 Å². The molecule has 0 radical (unpaired) electrons. The van der Waals surface area contributed by atoms with E-state index in [1.165, 1.54) is 0 Å². The van der Waals surface area contributed by atoms with E-state index in [1.54, 1.807) is 31.2 Å². The first-order valence-electron chi connectivity index (χ1n) is 6.41. The molecule has 1 aromatic rings. The molecule has 0 aliphatic heterocycles. The van der Waals surface area contributed by atoms with Gasteiger partial charge in [0.2, 0.25) is 0 Å². The molecular formula is C14H22N2O2.